The number of nitrogens with zero attached hydrogens (tertiary/aromatic N) is 2. The van der Waals surface area contributed by atoms with E-state index in [0.29, 0.717) is 30.8 Å². The highest BCUT2D eigenvalue weighted by atomic mass is 16.5. The van der Waals surface area contributed by atoms with Crippen molar-refractivity contribution in [3.63, 3.8) is 0 Å². The van der Waals surface area contributed by atoms with E-state index in [9.17, 15) is 14.4 Å². The average molecular weight is 393 g/mol. The Balaban J connectivity index is 1.48. The molecule has 7 nitrogen and oxygen atoms in total. The molecule has 150 valence electrons. The van der Waals surface area contributed by atoms with Crippen LogP contribution in [0.2, 0.25) is 0 Å². The topological polar surface area (TPSA) is 79.0 Å². The summed E-state index contributed by atoms with van der Waals surface area (Å²) in [5.74, 6) is -0.0216. The highest BCUT2D eigenvalue weighted by Gasteiger charge is 2.44. The molecule has 0 saturated carbocycles. The fourth-order valence-electron chi connectivity index (χ4n) is 3.97. The van der Waals surface area contributed by atoms with Gasteiger partial charge >= 0.3 is 0 Å². The van der Waals surface area contributed by atoms with Crippen LogP contribution in [0.3, 0.4) is 0 Å². The smallest absolute Gasteiger partial charge is 0.257 e. The summed E-state index contributed by atoms with van der Waals surface area (Å²) in [7, 11) is 1.52. The fraction of sp³-hybridized carbons (Fsp3) is 0.318. The Hall–Kier alpha value is -3.35. The largest absolute Gasteiger partial charge is 0.496 e. The molecular formula is C22H23N3O4. The van der Waals surface area contributed by atoms with Gasteiger partial charge in [0.1, 0.15) is 17.8 Å². The van der Waals surface area contributed by atoms with Gasteiger partial charge < -0.3 is 19.9 Å². The molecular weight excluding hydrogens is 370 g/mol. The average Bonchev–Trinajstić information content (AvgIpc) is 2.77. The van der Waals surface area contributed by atoms with Crippen molar-refractivity contribution in [2.75, 3.05) is 26.7 Å². The van der Waals surface area contributed by atoms with Crippen molar-refractivity contribution in [3.8, 4) is 5.75 Å². The standard InChI is InChI=1S/C22H23N3O4/c1-29-19-10-6-5-9-16(19)21(27)24-11-12-25-18(14-24)20(26)23-17(22(25)28)13-15-7-3-2-4-8-15/h2-10,17-18H,11-14H2,1H3,(H,23,26)/t17-,18-/m1/s1. The summed E-state index contributed by atoms with van der Waals surface area (Å²) in [5.41, 5.74) is 1.45. The number of fused-ring (bicyclic) bond motifs is 1. The molecule has 0 unspecified atom stereocenters. The Morgan fingerprint density at radius 3 is 2.55 bits per heavy atom. The zero-order valence-corrected chi connectivity index (χ0v) is 16.2. The van der Waals surface area contributed by atoms with Gasteiger partial charge in [-0.2, -0.15) is 0 Å². The number of ether oxygens (including phenoxy) is 1. The van der Waals surface area contributed by atoms with Crippen LogP contribution in [0, 0.1) is 0 Å². The first-order valence-corrected chi connectivity index (χ1v) is 9.65. The van der Waals surface area contributed by atoms with Gasteiger partial charge in [0, 0.05) is 19.5 Å². The molecule has 2 saturated heterocycles. The minimum Gasteiger partial charge on any atom is -0.496 e. The molecule has 0 spiro atoms. The summed E-state index contributed by atoms with van der Waals surface area (Å²) in [4.78, 5) is 41.9. The molecule has 0 aromatic heterocycles. The molecule has 2 fully saturated rings. The van der Waals surface area contributed by atoms with E-state index in [1.54, 1.807) is 34.1 Å². The van der Waals surface area contributed by atoms with Gasteiger partial charge in [-0.1, -0.05) is 42.5 Å². The lowest BCUT2D eigenvalue weighted by Crippen LogP contribution is -2.70. The predicted molar refractivity (Wildman–Crippen MR) is 106 cm³/mol. The second kappa shape index (κ2) is 7.95. The molecule has 2 heterocycles. The van der Waals surface area contributed by atoms with Gasteiger partial charge in [0.2, 0.25) is 11.8 Å². The first-order valence-electron chi connectivity index (χ1n) is 9.65. The minimum atomic E-state index is -0.665. The van der Waals surface area contributed by atoms with Crippen LogP contribution in [-0.2, 0) is 16.0 Å². The summed E-state index contributed by atoms with van der Waals surface area (Å²) in [6, 6.07) is 15.4. The van der Waals surface area contributed by atoms with Gasteiger partial charge in [-0.15, -0.1) is 0 Å². The summed E-state index contributed by atoms with van der Waals surface area (Å²) in [5, 5.41) is 2.84. The Labute approximate surface area is 169 Å². The van der Waals surface area contributed by atoms with E-state index in [4.69, 9.17) is 4.74 Å². The molecule has 0 aliphatic carbocycles. The van der Waals surface area contributed by atoms with Gasteiger partial charge in [-0.25, -0.2) is 0 Å². The molecule has 2 atom stereocenters. The Morgan fingerprint density at radius 2 is 1.79 bits per heavy atom. The monoisotopic (exact) mass is 393 g/mol. The second-order valence-corrected chi connectivity index (χ2v) is 7.25. The van der Waals surface area contributed by atoms with E-state index < -0.39 is 12.1 Å². The van der Waals surface area contributed by atoms with Crippen molar-refractivity contribution >= 4 is 17.7 Å². The molecule has 7 heteroatoms. The van der Waals surface area contributed by atoms with Crippen molar-refractivity contribution in [1.29, 1.82) is 0 Å². The molecule has 2 aliphatic heterocycles. The van der Waals surface area contributed by atoms with Crippen molar-refractivity contribution in [1.82, 2.24) is 15.1 Å². The maximum absolute atomic E-state index is 13.0. The number of hydrogen-bond acceptors (Lipinski definition) is 4. The lowest BCUT2D eigenvalue weighted by Gasteiger charge is -2.45. The lowest BCUT2D eigenvalue weighted by atomic mass is 9.98. The number of benzene rings is 2. The molecule has 2 aromatic rings. The molecule has 2 aliphatic rings. The number of amides is 3. The van der Waals surface area contributed by atoms with E-state index in [0.717, 1.165) is 5.56 Å². The maximum atomic E-state index is 13.0. The van der Waals surface area contributed by atoms with Crippen molar-refractivity contribution in [2.45, 2.75) is 18.5 Å². The van der Waals surface area contributed by atoms with Gasteiger partial charge in [0.25, 0.3) is 5.91 Å². The summed E-state index contributed by atoms with van der Waals surface area (Å²) in [6.07, 6.45) is 0.457. The molecule has 29 heavy (non-hydrogen) atoms. The van der Waals surface area contributed by atoms with E-state index in [1.165, 1.54) is 7.11 Å². The maximum Gasteiger partial charge on any atom is 0.257 e. The number of rotatable bonds is 4. The van der Waals surface area contributed by atoms with Crippen LogP contribution in [0.5, 0.6) is 5.75 Å². The van der Waals surface area contributed by atoms with Crippen LogP contribution >= 0.6 is 0 Å². The highest BCUT2D eigenvalue weighted by Crippen LogP contribution is 2.23. The fourth-order valence-corrected chi connectivity index (χ4v) is 3.97. The van der Waals surface area contributed by atoms with Crippen molar-refractivity contribution in [2.24, 2.45) is 0 Å². The summed E-state index contributed by atoms with van der Waals surface area (Å²) < 4.78 is 5.28. The van der Waals surface area contributed by atoms with Gasteiger partial charge in [0.05, 0.1) is 19.2 Å². The minimum absolute atomic E-state index is 0.0946. The highest BCUT2D eigenvalue weighted by molar-refractivity contribution is 6.00. The van der Waals surface area contributed by atoms with Crippen LogP contribution < -0.4 is 10.1 Å². The molecule has 0 radical (unpaired) electrons. The molecule has 3 amide bonds. The SMILES string of the molecule is COc1ccccc1C(=O)N1CCN2C(=O)[C@@H](Cc3ccccc3)NC(=O)[C@H]2C1. The van der Waals surface area contributed by atoms with Gasteiger partial charge in [-0.3, -0.25) is 14.4 Å². The number of carbonyl (C=O) groups is 3. The van der Waals surface area contributed by atoms with E-state index >= 15 is 0 Å². The van der Waals surface area contributed by atoms with Crippen LogP contribution in [0.4, 0.5) is 0 Å². The molecule has 4 rings (SSSR count). The molecule has 0 bridgehead atoms. The second-order valence-electron chi connectivity index (χ2n) is 7.25. The van der Waals surface area contributed by atoms with Gasteiger partial charge in [0.15, 0.2) is 0 Å². The third kappa shape index (κ3) is 3.68. The molecule has 1 N–H and O–H groups in total. The van der Waals surface area contributed by atoms with E-state index in [1.807, 2.05) is 30.3 Å². The Morgan fingerprint density at radius 1 is 1.07 bits per heavy atom. The zero-order valence-electron chi connectivity index (χ0n) is 16.2. The van der Waals surface area contributed by atoms with Crippen LogP contribution in [0.25, 0.3) is 0 Å². The number of methoxy groups -OCH3 is 1. The Bertz CT molecular complexity index is 931. The summed E-state index contributed by atoms with van der Waals surface area (Å²) in [6.45, 7) is 0.889. The first-order chi connectivity index (χ1) is 14.1. The number of carbonyl (C=O) groups excluding carboxylic acids is 3. The number of nitrogens with one attached hydrogen (secondary N) is 1. The zero-order chi connectivity index (χ0) is 20.4. The van der Waals surface area contributed by atoms with Gasteiger partial charge in [-0.05, 0) is 17.7 Å². The van der Waals surface area contributed by atoms with Crippen LogP contribution in [0.1, 0.15) is 15.9 Å². The number of piperazine rings is 2. The van der Waals surface area contributed by atoms with E-state index in [-0.39, 0.29) is 24.3 Å². The predicted octanol–water partition coefficient (Wildman–Crippen LogP) is 1.09. The van der Waals surface area contributed by atoms with Crippen LogP contribution in [0.15, 0.2) is 54.6 Å². The Kier molecular flexibility index (Phi) is 5.20. The first kappa shape index (κ1) is 19.0. The van der Waals surface area contributed by atoms with Crippen molar-refractivity contribution in [3.05, 3.63) is 65.7 Å². The number of para-hydroxylation sites is 1. The molecule has 2 aromatic carbocycles. The van der Waals surface area contributed by atoms with Crippen molar-refractivity contribution < 1.29 is 19.1 Å². The third-order valence-electron chi connectivity index (χ3n) is 5.49. The van der Waals surface area contributed by atoms with Crippen LogP contribution in [-0.4, -0.2) is 66.3 Å². The quantitative estimate of drug-likeness (QED) is 0.844. The lowest BCUT2D eigenvalue weighted by molar-refractivity contribution is -0.152. The summed E-state index contributed by atoms with van der Waals surface area (Å²) >= 11 is 0. The van der Waals surface area contributed by atoms with E-state index in [2.05, 4.69) is 5.32 Å². The normalized spacial score (nSPS) is 21.4. The third-order valence-corrected chi connectivity index (χ3v) is 5.49. The number of hydrogen-bond donors (Lipinski definition) is 1.